The quantitative estimate of drug-likeness (QED) is 0.347. The lowest BCUT2D eigenvalue weighted by atomic mass is 10.2. The minimum absolute atomic E-state index is 0.121. The largest absolute Gasteiger partial charge is 0.491 e. The molecule has 0 aromatic heterocycles. The first-order chi connectivity index (χ1) is 11.8. The lowest BCUT2D eigenvalue weighted by molar-refractivity contribution is 0.203. The van der Waals surface area contributed by atoms with E-state index in [4.69, 9.17) is 9.16 Å². The van der Waals surface area contributed by atoms with E-state index < -0.39 is 30.9 Å². The molecule has 1 aromatic rings. The summed E-state index contributed by atoms with van der Waals surface area (Å²) in [5.41, 5.74) is 0.509. The Morgan fingerprint density at radius 2 is 1.81 bits per heavy atom. The van der Waals surface area contributed by atoms with Gasteiger partial charge in [-0.25, -0.2) is 4.39 Å². The van der Waals surface area contributed by atoms with E-state index >= 15 is 0 Å². The molecule has 0 N–H and O–H groups in total. The van der Waals surface area contributed by atoms with Crippen molar-refractivity contribution in [2.45, 2.75) is 38.9 Å². The van der Waals surface area contributed by atoms with Crippen molar-refractivity contribution in [3.63, 3.8) is 0 Å². The molecule has 8 heteroatoms. The van der Waals surface area contributed by atoms with Crippen LogP contribution in [0.1, 0.15) is 26.3 Å². The summed E-state index contributed by atoms with van der Waals surface area (Å²) in [4.78, 5) is 0. The van der Waals surface area contributed by atoms with E-state index in [1.165, 1.54) is 6.08 Å². The van der Waals surface area contributed by atoms with Gasteiger partial charge in [-0.1, -0.05) is 39.0 Å². The van der Waals surface area contributed by atoms with Crippen molar-refractivity contribution in [3.05, 3.63) is 35.7 Å². The summed E-state index contributed by atoms with van der Waals surface area (Å²) in [6.07, 6.45) is 2.08. The second kappa shape index (κ2) is 9.12. The van der Waals surface area contributed by atoms with Gasteiger partial charge < -0.3 is 9.16 Å². The highest BCUT2D eigenvalue weighted by molar-refractivity contribution is 7.86. The second-order valence-corrected chi connectivity index (χ2v) is 14.0. The first kappa shape index (κ1) is 22.8. The summed E-state index contributed by atoms with van der Waals surface area (Å²) in [5.74, 6) is -0.204. The van der Waals surface area contributed by atoms with E-state index in [9.17, 15) is 12.8 Å². The van der Waals surface area contributed by atoms with Crippen LogP contribution in [-0.4, -0.2) is 42.8 Å². The lowest BCUT2D eigenvalue weighted by Gasteiger charge is -2.36. The maximum atomic E-state index is 13.9. The standard InChI is InChI=1S/C18H29FO5SSi/c1-18(2,3)26(5,6)24-12-11-22-17-10-8-7-9-15(17)13-16(19)14-23-25(4,20)21/h7-10,13H,11-12,14H2,1-6H3/b16-13-. The van der Waals surface area contributed by atoms with Crippen molar-refractivity contribution in [2.75, 3.05) is 26.1 Å². The Balaban J connectivity index is 2.67. The fraction of sp³-hybridized carbons (Fsp3) is 0.556. The number of benzene rings is 1. The molecule has 0 saturated heterocycles. The highest BCUT2D eigenvalue weighted by Gasteiger charge is 2.36. The van der Waals surface area contributed by atoms with Crippen LogP contribution in [0.15, 0.2) is 30.1 Å². The number of hydrogen-bond acceptors (Lipinski definition) is 5. The Hall–Kier alpha value is -1.22. The van der Waals surface area contributed by atoms with E-state index in [-0.39, 0.29) is 5.04 Å². The molecule has 0 bridgehead atoms. The predicted molar refractivity (Wildman–Crippen MR) is 105 cm³/mol. The Morgan fingerprint density at radius 3 is 2.38 bits per heavy atom. The third kappa shape index (κ3) is 7.99. The van der Waals surface area contributed by atoms with E-state index in [0.29, 0.717) is 24.5 Å². The van der Waals surface area contributed by atoms with Crippen LogP contribution in [0.25, 0.3) is 6.08 Å². The summed E-state index contributed by atoms with van der Waals surface area (Å²) in [6, 6.07) is 6.94. The molecule has 0 aliphatic rings. The van der Waals surface area contributed by atoms with Gasteiger partial charge >= 0.3 is 0 Å². The fourth-order valence-corrected chi connectivity index (χ4v) is 3.12. The van der Waals surface area contributed by atoms with Crippen LogP contribution < -0.4 is 4.74 Å². The number of halogens is 1. The minimum Gasteiger partial charge on any atom is -0.491 e. The third-order valence-electron chi connectivity index (χ3n) is 4.25. The maximum Gasteiger partial charge on any atom is 0.264 e. The van der Waals surface area contributed by atoms with Crippen LogP contribution in [0.4, 0.5) is 4.39 Å². The van der Waals surface area contributed by atoms with Crippen LogP contribution in [0.3, 0.4) is 0 Å². The Bertz CT molecular complexity index is 723. The molecule has 0 aliphatic carbocycles. The highest BCUT2D eigenvalue weighted by atomic mass is 32.2. The van der Waals surface area contributed by atoms with Crippen molar-refractivity contribution in [2.24, 2.45) is 0 Å². The van der Waals surface area contributed by atoms with Crippen molar-refractivity contribution in [1.82, 2.24) is 0 Å². The van der Waals surface area contributed by atoms with Crippen LogP contribution in [0.5, 0.6) is 5.75 Å². The van der Waals surface area contributed by atoms with E-state index in [0.717, 1.165) is 6.26 Å². The molecule has 148 valence electrons. The molecule has 0 atom stereocenters. The lowest BCUT2D eigenvalue weighted by Crippen LogP contribution is -2.41. The molecule has 1 rings (SSSR count). The van der Waals surface area contributed by atoms with Gasteiger partial charge in [-0.15, -0.1) is 0 Å². The number of para-hydroxylation sites is 1. The molecule has 0 unspecified atom stereocenters. The van der Waals surface area contributed by atoms with E-state index in [1.807, 2.05) is 0 Å². The first-order valence-corrected chi connectivity index (χ1v) is 13.1. The SMILES string of the molecule is CC(C)(C)[Si](C)(C)OCCOc1ccccc1/C=C(\F)COS(C)(=O)=O. The van der Waals surface area contributed by atoms with Crippen molar-refractivity contribution in [1.29, 1.82) is 0 Å². The zero-order chi connectivity index (χ0) is 20.0. The third-order valence-corrected chi connectivity index (χ3v) is 9.34. The zero-order valence-corrected chi connectivity index (χ0v) is 18.2. The molecule has 0 aliphatic heterocycles. The number of rotatable bonds is 9. The molecule has 0 radical (unpaired) electrons. The number of hydrogen-bond donors (Lipinski definition) is 0. The summed E-state index contributed by atoms with van der Waals surface area (Å²) in [5, 5.41) is 0.121. The van der Waals surface area contributed by atoms with Crippen LogP contribution in [0, 0.1) is 0 Å². The molecule has 0 heterocycles. The van der Waals surface area contributed by atoms with Gasteiger partial charge in [-0.2, -0.15) is 8.42 Å². The van der Waals surface area contributed by atoms with Gasteiger partial charge in [-0.3, -0.25) is 4.18 Å². The van der Waals surface area contributed by atoms with Crippen LogP contribution >= 0.6 is 0 Å². The molecule has 0 saturated carbocycles. The normalized spacial score (nSPS) is 13.7. The predicted octanol–water partition coefficient (Wildman–Crippen LogP) is 4.37. The van der Waals surface area contributed by atoms with Gasteiger partial charge in [-0.05, 0) is 30.3 Å². The zero-order valence-electron chi connectivity index (χ0n) is 16.3. The highest BCUT2D eigenvalue weighted by Crippen LogP contribution is 2.36. The van der Waals surface area contributed by atoms with Crippen LogP contribution in [0.2, 0.25) is 18.1 Å². The van der Waals surface area contributed by atoms with Gasteiger partial charge in [0, 0.05) is 5.56 Å². The minimum atomic E-state index is -3.69. The smallest absolute Gasteiger partial charge is 0.264 e. The van der Waals surface area contributed by atoms with Gasteiger partial charge in [0.25, 0.3) is 10.1 Å². The Labute approximate surface area is 157 Å². The Kier molecular flexibility index (Phi) is 8.00. The van der Waals surface area contributed by atoms with E-state index in [2.05, 4.69) is 38.0 Å². The maximum absolute atomic E-state index is 13.9. The molecule has 26 heavy (non-hydrogen) atoms. The summed E-state index contributed by atoms with van der Waals surface area (Å²) in [7, 11) is -5.53. The number of ether oxygens (including phenoxy) is 1. The monoisotopic (exact) mass is 404 g/mol. The van der Waals surface area contributed by atoms with Crippen LogP contribution in [-0.2, 0) is 18.7 Å². The molecular formula is C18H29FO5SSi. The molecule has 1 aromatic carbocycles. The molecule has 0 spiro atoms. The van der Waals surface area contributed by atoms with Crippen molar-refractivity contribution >= 4 is 24.5 Å². The summed E-state index contributed by atoms with van der Waals surface area (Å²) in [6.45, 7) is 11.0. The molecule has 0 amide bonds. The second-order valence-electron chi connectivity index (χ2n) is 7.55. The van der Waals surface area contributed by atoms with Gasteiger partial charge in [0.05, 0.1) is 12.9 Å². The molecule has 0 fully saturated rings. The average Bonchev–Trinajstić information content (AvgIpc) is 2.49. The fourth-order valence-electron chi connectivity index (χ4n) is 1.77. The average molecular weight is 405 g/mol. The molecular weight excluding hydrogens is 375 g/mol. The van der Waals surface area contributed by atoms with Gasteiger partial charge in [0.15, 0.2) is 8.32 Å². The first-order valence-electron chi connectivity index (χ1n) is 8.38. The van der Waals surface area contributed by atoms with Gasteiger partial charge in [0.1, 0.15) is 24.8 Å². The van der Waals surface area contributed by atoms with Crippen molar-refractivity contribution in [3.8, 4) is 5.75 Å². The topological polar surface area (TPSA) is 61.8 Å². The van der Waals surface area contributed by atoms with Crippen molar-refractivity contribution < 1.29 is 26.2 Å². The van der Waals surface area contributed by atoms with E-state index in [1.54, 1.807) is 24.3 Å². The summed E-state index contributed by atoms with van der Waals surface area (Å²) < 4.78 is 51.9. The molecule has 5 nitrogen and oxygen atoms in total. The Morgan fingerprint density at radius 1 is 1.19 bits per heavy atom. The van der Waals surface area contributed by atoms with Gasteiger partial charge in [0.2, 0.25) is 0 Å². The summed E-state index contributed by atoms with van der Waals surface area (Å²) >= 11 is 0.